The van der Waals surface area contributed by atoms with E-state index in [1.54, 1.807) is 0 Å². The maximum Gasteiger partial charge on any atom is 0.392 e. The third-order valence-electron chi connectivity index (χ3n) is 5.54. The van der Waals surface area contributed by atoms with Gasteiger partial charge in [-0.3, -0.25) is 0 Å². The molecule has 0 fully saturated rings. The molecule has 0 unspecified atom stereocenters. The van der Waals surface area contributed by atoms with Crippen molar-refractivity contribution in [2.45, 2.75) is 6.18 Å². The van der Waals surface area contributed by atoms with Crippen LogP contribution in [0.5, 0.6) is 0 Å². The van der Waals surface area contributed by atoms with Gasteiger partial charge in [0.1, 0.15) is 0 Å². The van der Waals surface area contributed by atoms with Crippen molar-refractivity contribution in [3.8, 4) is 0 Å². The van der Waals surface area contributed by atoms with Gasteiger partial charge < -0.3 is 0 Å². The van der Waals surface area contributed by atoms with Crippen LogP contribution in [0, 0.1) is 5.92 Å². The van der Waals surface area contributed by atoms with E-state index in [0.717, 1.165) is 21.2 Å². The molecule has 0 atom stereocenters. The average Bonchev–Trinajstić information content (AvgIpc) is 2.85. The molecule has 0 spiro atoms. The van der Waals surface area contributed by atoms with Crippen LogP contribution in [-0.2, 0) is 0 Å². The first-order valence-corrected chi connectivity index (χ1v) is 13.9. The van der Waals surface area contributed by atoms with Crippen molar-refractivity contribution in [1.82, 2.24) is 0 Å². The second-order valence-electron chi connectivity index (χ2n) is 7.80. The van der Waals surface area contributed by atoms with E-state index in [2.05, 4.69) is 0 Å². The fourth-order valence-corrected chi connectivity index (χ4v) is 9.18. The molecular formula is C28H25F3P2. The topological polar surface area (TPSA) is 0 Å². The van der Waals surface area contributed by atoms with Crippen LogP contribution in [0.15, 0.2) is 121 Å². The third kappa shape index (κ3) is 6.32. The first-order valence-electron chi connectivity index (χ1n) is 10.8. The van der Waals surface area contributed by atoms with E-state index in [-0.39, 0.29) is 12.3 Å². The number of hydrogen-bond acceptors (Lipinski definition) is 0. The highest BCUT2D eigenvalue weighted by molar-refractivity contribution is 7.74. The second-order valence-corrected chi connectivity index (χ2v) is 12.3. The number of halogens is 3. The van der Waals surface area contributed by atoms with Gasteiger partial charge in [-0.1, -0.05) is 121 Å². The van der Waals surface area contributed by atoms with Gasteiger partial charge >= 0.3 is 6.18 Å². The van der Waals surface area contributed by atoms with Crippen LogP contribution in [0.1, 0.15) is 0 Å². The van der Waals surface area contributed by atoms with Gasteiger partial charge in [-0.25, -0.2) is 0 Å². The van der Waals surface area contributed by atoms with Crippen LogP contribution in [0.4, 0.5) is 13.2 Å². The predicted molar refractivity (Wildman–Crippen MR) is 137 cm³/mol. The van der Waals surface area contributed by atoms with E-state index in [1.165, 1.54) is 0 Å². The molecule has 33 heavy (non-hydrogen) atoms. The van der Waals surface area contributed by atoms with Gasteiger partial charge in [-0.05, 0) is 49.4 Å². The lowest BCUT2D eigenvalue weighted by Crippen LogP contribution is -2.33. The molecule has 0 saturated carbocycles. The molecule has 4 aromatic rings. The second kappa shape index (κ2) is 11.1. The molecular weight excluding hydrogens is 455 g/mol. The molecule has 4 aromatic carbocycles. The summed E-state index contributed by atoms with van der Waals surface area (Å²) in [4.78, 5) is 0. The number of alkyl halides is 3. The van der Waals surface area contributed by atoms with Crippen molar-refractivity contribution in [2.75, 3.05) is 12.3 Å². The van der Waals surface area contributed by atoms with E-state index in [0.29, 0.717) is 0 Å². The van der Waals surface area contributed by atoms with E-state index >= 15 is 0 Å². The molecule has 0 heterocycles. The molecule has 0 saturated heterocycles. The lowest BCUT2D eigenvalue weighted by molar-refractivity contribution is -0.161. The molecule has 0 aliphatic heterocycles. The highest BCUT2D eigenvalue weighted by Crippen LogP contribution is 2.46. The molecule has 0 aliphatic carbocycles. The summed E-state index contributed by atoms with van der Waals surface area (Å²) in [5.74, 6) is -1.39. The molecule has 0 bridgehead atoms. The molecule has 4 rings (SSSR count). The summed E-state index contributed by atoms with van der Waals surface area (Å²) in [7, 11) is -2.27. The van der Waals surface area contributed by atoms with Crippen LogP contribution in [0.3, 0.4) is 0 Å². The Kier molecular flexibility index (Phi) is 7.97. The highest BCUT2D eigenvalue weighted by Gasteiger charge is 2.42. The van der Waals surface area contributed by atoms with E-state index in [1.807, 2.05) is 121 Å². The van der Waals surface area contributed by atoms with Crippen molar-refractivity contribution in [3.05, 3.63) is 121 Å². The van der Waals surface area contributed by atoms with Gasteiger partial charge in [-0.2, -0.15) is 13.2 Å². The number of hydrogen-bond donors (Lipinski definition) is 0. The Balaban J connectivity index is 1.71. The Morgan fingerprint density at radius 1 is 0.455 bits per heavy atom. The molecule has 0 N–H and O–H groups in total. The standard InChI is InChI=1S/C28H25F3P2/c29-28(30,31)23(21-32(24-13-5-1-6-14-24)25-15-7-2-8-16-25)22-33(26-17-9-3-10-18-26)27-19-11-4-12-20-27/h1-20,23H,21-22H2. The number of rotatable bonds is 8. The van der Waals surface area contributed by atoms with Crippen LogP contribution in [0.25, 0.3) is 0 Å². The number of benzene rings is 4. The lowest BCUT2D eigenvalue weighted by Gasteiger charge is -2.30. The summed E-state index contributed by atoms with van der Waals surface area (Å²) < 4.78 is 43.6. The van der Waals surface area contributed by atoms with E-state index in [4.69, 9.17) is 0 Å². The summed E-state index contributed by atoms with van der Waals surface area (Å²) in [5, 5.41) is 3.93. The molecule has 168 valence electrons. The first-order chi connectivity index (χ1) is 16.0. The summed E-state index contributed by atoms with van der Waals surface area (Å²) in [6, 6.07) is 38.6. The largest absolute Gasteiger partial charge is 0.392 e. The molecule has 0 nitrogen and oxygen atoms in total. The van der Waals surface area contributed by atoms with Gasteiger partial charge in [0.25, 0.3) is 0 Å². The van der Waals surface area contributed by atoms with Gasteiger partial charge in [0, 0.05) is 0 Å². The quantitative estimate of drug-likeness (QED) is 0.255. The Bertz CT molecular complexity index is 937. The third-order valence-corrected chi connectivity index (χ3v) is 10.8. The van der Waals surface area contributed by atoms with Crippen molar-refractivity contribution < 1.29 is 13.2 Å². The zero-order valence-corrected chi connectivity index (χ0v) is 19.9. The maximum atomic E-state index is 14.5. The van der Waals surface area contributed by atoms with Crippen LogP contribution < -0.4 is 21.2 Å². The summed E-state index contributed by atoms with van der Waals surface area (Å²) >= 11 is 0. The SMILES string of the molecule is FC(F)(F)C(CP(c1ccccc1)c1ccccc1)CP(c1ccccc1)c1ccccc1. The van der Waals surface area contributed by atoms with Crippen LogP contribution in [0.2, 0.25) is 0 Å². The minimum Gasteiger partial charge on any atom is -0.171 e. The summed E-state index contributed by atoms with van der Waals surface area (Å²) in [5.41, 5.74) is 0. The fourth-order valence-electron chi connectivity index (χ4n) is 3.86. The van der Waals surface area contributed by atoms with Crippen molar-refractivity contribution in [3.63, 3.8) is 0 Å². The predicted octanol–water partition coefficient (Wildman–Crippen LogP) is 6.43. The average molecular weight is 480 g/mol. The summed E-state index contributed by atoms with van der Waals surface area (Å²) in [6.45, 7) is 0. The molecule has 0 radical (unpaired) electrons. The smallest absolute Gasteiger partial charge is 0.171 e. The highest BCUT2D eigenvalue weighted by atomic mass is 31.1. The Labute approximate surface area is 196 Å². The van der Waals surface area contributed by atoms with E-state index in [9.17, 15) is 13.2 Å². The molecule has 0 aromatic heterocycles. The Hall–Kier alpha value is -2.47. The van der Waals surface area contributed by atoms with E-state index < -0.39 is 27.9 Å². The zero-order valence-electron chi connectivity index (χ0n) is 18.1. The Morgan fingerprint density at radius 3 is 0.909 bits per heavy atom. The minimum atomic E-state index is -4.27. The first kappa shape index (κ1) is 23.7. The van der Waals surface area contributed by atoms with Crippen molar-refractivity contribution in [1.29, 1.82) is 0 Å². The molecule has 0 amide bonds. The zero-order chi connectivity index (χ0) is 23.1. The summed E-state index contributed by atoms with van der Waals surface area (Å²) in [6.07, 6.45) is -4.09. The fraction of sp³-hybridized carbons (Fsp3) is 0.143. The minimum absolute atomic E-state index is 0.0887. The normalized spacial score (nSPS) is 11.9. The molecule has 0 aliphatic rings. The van der Waals surface area contributed by atoms with Crippen LogP contribution in [-0.4, -0.2) is 18.5 Å². The lowest BCUT2D eigenvalue weighted by atomic mass is 10.2. The molecule has 5 heteroatoms. The van der Waals surface area contributed by atoms with Crippen LogP contribution >= 0.6 is 15.8 Å². The van der Waals surface area contributed by atoms with Gasteiger partial charge in [0.2, 0.25) is 0 Å². The van der Waals surface area contributed by atoms with Gasteiger partial charge in [0.05, 0.1) is 5.92 Å². The van der Waals surface area contributed by atoms with Gasteiger partial charge in [0.15, 0.2) is 0 Å². The Morgan fingerprint density at radius 2 is 0.697 bits per heavy atom. The maximum absolute atomic E-state index is 14.5. The van der Waals surface area contributed by atoms with Crippen molar-refractivity contribution in [2.24, 2.45) is 5.92 Å². The van der Waals surface area contributed by atoms with Gasteiger partial charge in [-0.15, -0.1) is 0 Å². The monoisotopic (exact) mass is 480 g/mol. The van der Waals surface area contributed by atoms with Crippen molar-refractivity contribution >= 4 is 37.1 Å².